The summed E-state index contributed by atoms with van der Waals surface area (Å²) in [6.45, 7) is 4.03. The normalized spacial score (nSPS) is 26.3. The molecule has 1 aliphatic carbocycles. The zero-order valence-corrected chi connectivity index (χ0v) is 11.4. The van der Waals surface area contributed by atoms with Gasteiger partial charge in [0.15, 0.2) is 5.78 Å². The average Bonchev–Trinajstić information content (AvgIpc) is 2.83. The summed E-state index contributed by atoms with van der Waals surface area (Å²) in [6, 6.07) is 7.40. The summed E-state index contributed by atoms with van der Waals surface area (Å²) in [5.41, 5.74) is 1.74. The summed E-state index contributed by atoms with van der Waals surface area (Å²) < 4.78 is 0. The molecule has 3 heteroatoms. The molecule has 0 aliphatic heterocycles. The molecule has 1 N–H and O–H groups in total. The molecule has 19 heavy (non-hydrogen) atoms. The van der Waals surface area contributed by atoms with Gasteiger partial charge < -0.3 is 5.11 Å². The number of rotatable bonds is 4. The number of ketones is 1. The quantitative estimate of drug-likeness (QED) is 0.845. The van der Waals surface area contributed by atoms with E-state index >= 15 is 0 Å². The molecule has 2 rings (SSSR count). The second-order valence-corrected chi connectivity index (χ2v) is 5.53. The smallest absolute Gasteiger partial charge is 0.307 e. The van der Waals surface area contributed by atoms with Gasteiger partial charge in [-0.05, 0) is 25.7 Å². The molecule has 102 valence electrons. The van der Waals surface area contributed by atoms with Crippen LogP contribution in [0.3, 0.4) is 0 Å². The number of hydrogen-bond donors (Lipinski definition) is 1. The first kappa shape index (κ1) is 13.8. The Bertz CT molecular complexity index is 475. The molecule has 1 aromatic carbocycles. The van der Waals surface area contributed by atoms with E-state index in [0.717, 1.165) is 12.0 Å². The molecule has 0 aromatic heterocycles. The van der Waals surface area contributed by atoms with E-state index in [1.807, 2.05) is 19.1 Å². The van der Waals surface area contributed by atoms with Gasteiger partial charge in [0.25, 0.3) is 0 Å². The molecule has 0 spiro atoms. The van der Waals surface area contributed by atoms with Crippen molar-refractivity contribution in [1.29, 1.82) is 0 Å². The molecule has 1 aliphatic rings. The Hall–Kier alpha value is -1.64. The molecule has 0 radical (unpaired) electrons. The van der Waals surface area contributed by atoms with E-state index in [2.05, 4.69) is 6.92 Å². The Labute approximate surface area is 113 Å². The van der Waals surface area contributed by atoms with Gasteiger partial charge in [0.05, 0.1) is 5.92 Å². The number of carbonyl (C=O) groups excluding carboxylic acids is 1. The van der Waals surface area contributed by atoms with Crippen molar-refractivity contribution in [2.45, 2.75) is 33.1 Å². The molecule has 0 heterocycles. The van der Waals surface area contributed by atoms with Gasteiger partial charge in [-0.15, -0.1) is 0 Å². The summed E-state index contributed by atoms with van der Waals surface area (Å²) in [7, 11) is 0. The van der Waals surface area contributed by atoms with Gasteiger partial charge in [-0.25, -0.2) is 0 Å². The summed E-state index contributed by atoms with van der Waals surface area (Å²) in [4.78, 5) is 23.8. The fraction of sp³-hybridized carbons (Fsp3) is 0.500. The minimum atomic E-state index is -0.832. The maximum Gasteiger partial charge on any atom is 0.307 e. The van der Waals surface area contributed by atoms with Crippen LogP contribution >= 0.6 is 0 Å². The first-order valence-corrected chi connectivity index (χ1v) is 6.86. The molecular formula is C16H20O3. The maximum absolute atomic E-state index is 12.5. The number of hydrogen-bond acceptors (Lipinski definition) is 2. The standard InChI is InChI=1S/C16H20O3/c1-3-11-8-13(14(9-11)16(18)19)15(17)12-6-4-10(2)5-7-12/h4-7,11,13-14H,3,8-9H2,1-2H3,(H,18,19). The molecule has 3 atom stereocenters. The fourth-order valence-corrected chi connectivity index (χ4v) is 2.97. The Morgan fingerprint density at radius 1 is 1.16 bits per heavy atom. The lowest BCUT2D eigenvalue weighted by Crippen LogP contribution is -2.25. The first-order chi connectivity index (χ1) is 9.02. The number of carboxylic acids is 1. The van der Waals surface area contributed by atoms with Crippen molar-refractivity contribution in [3.05, 3.63) is 35.4 Å². The van der Waals surface area contributed by atoms with Gasteiger partial charge in [0, 0.05) is 11.5 Å². The highest BCUT2D eigenvalue weighted by atomic mass is 16.4. The molecule has 3 nitrogen and oxygen atoms in total. The fourth-order valence-electron chi connectivity index (χ4n) is 2.97. The Balaban J connectivity index is 2.21. The molecule has 3 unspecified atom stereocenters. The summed E-state index contributed by atoms with van der Waals surface area (Å²) in [5, 5.41) is 9.28. The second-order valence-electron chi connectivity index (χ2n) is 5.53. The Kier molecular flexibility index (Phi) is 4.03. The highest BCUT2D eigenvalue weighted by Gasteiger charge is 2.42. The van der Waals surface area contributed by atoms with Gasteiger partial charge >= 0.3 is 5.97 Å². The number of aryl methyl sites for hydroxylation is 1. The second kappa shape index (κ2) is 5.55. The maximum atomic E-state index is 12.5. The third-order valence-corrected chi connectivity index (χ3v) is 4.23. The summed E-state index contributed by atoms with van der Waals surface area (Å²) in [6.07, 6.45) is 2.29. The van der Waals surface area contributed by atoms with Crippen LogP contribution in [-0.2, 0) is 4.79 Å². The van der Waals surface area contributed by atoms with Crippen LogP contribution in [0.15, 0.2) is 24.3 Å². The van der Waals surface area contributed by atoms with Crippen molar-refractivity contribution in [1.82, 2.24) is 0 Å². The van der Waals surface area contributed by atoms with E-state index in [4.69, 9.17) is 0 Å². The van der Waals surface area contributed by atoms with Crippen molar-refractivity contribution in [3.8, 4) is 0 Å². The average molecular weight is 260 g/mol. The Morgan fingerprint density at radius 2 is 1.74 bits per heavy atom. The molecule has 1 saturated carbocycles. The SMILES string of the molecule is CCC1CC(C(=O)O)C(C(=O)c2ccc(C)cc2)C1. The summed E-state index contributed by atoms with van der Waals surface area (Å²) >= 11 is 0. The van der Waals surface area contributed by atoms with Gasteiger partial charge in [-0.2, -0.15) is 0 Å². The zero-order valence-electron chi connectivity index (χ0n) is 11.4. The van der Waals surface area contributed by atoms with Crippen LogP contribution in [0.25, 0.3) is 0 Å². The highest BCUT2D eigenvalue weighted by molar-refractivity contribution is 6.00. The predicted molar refractivity (Wildman–Crippen MR) is 73.1 cm³/mol. The number of aliphatic carboxylic acids is 1. The van der Waals surface area contributed by atoms with Crippen LogP contribution in [-0.4, -0.2) is 16.9 Å². The van der Waals surface area contributed by atoms with Gasteiger partial charge in [-0.1, -0.05) is 43.2 Å². The number of Topliss-reactive ketones (excluding diaryl/α,β-unsaturated/α-hetero) is 1. The van der Waals surface area contributed by atoms with E-state index in [1.165, 1.54) is 0 Å². The largest absolute Gasteiger partial charge is 0.481 e. The van der Waals surface area contributed by atoms with E-state index in [0.29, 0.717) is 24.3 Å². The van der Waals surface area contributed by atoms with Crippen LogP contribution in [0.4, 0.5) is 0 Å². The van der Waals surface area contributed by atoms with Crippen LogP contribution in [0, 0.1) is 24.7 Å². The lowest BCUT2D eigenvalue weighted by atomic mass is 9.88. The van der Waals surface area contributed by atoms with E-state index < -0.39 is 11.9 Å². The third kappa shape index (κ3) is 2.86. The molecule has 0 saturated heterocycles. The van der Waals surface area contributed by atoms with Crippen LogP contribution in [0.5, 0.6) is 0 Å². The van der Waals surface area contributed by atoms with E-state index in [1.54, 1.807) is 12.1 Å². The van der Waals surface area contributed by atoms with Crippen LogP contribution in [0.2, 0.25) is 0 Å². The number of carboxylic acid groups (broad SMARTS) is 1. The zero-order chi connectivity index (χ0) is 14.0. The van der Waals surface area contributed by atoms with Gasteiger partial charge in [0.2, 0.25) is 0 Å². The van der Waals surface area contributed by atoms with Crippen molar-refractivity contribution in [2.24, 2.45) is 17.8 Å². The molecule has 0 amide bonds. The van der Waals surface area contributed by atoms with Crippen molar-refractivity contribution in [3.63, 3.8) is 0 Å². The van der Waals surface area contributed by atoms with Crippen molar-refractivity contribution >= 4 is 11.8 Å². The third-order valence-electron chi connectivity index (χ3n) is 4.23. The van der Waals surface area contributed by atoms with Gasteiger partial charge in [0.1, 0.15) is 0 Å². The van der Waals surface area contributed by atoms with E-state index in [9.17, 15) is 14.7 Å². The summed E-state index contributed by atoms with van der Waals surface area (Å²) in [5.74, 6) is -1.35. The number of benzene rings is 1. The van der Waals surface area contributed by atoms with Crippen molar-refractivity contribution in [2.75, 3.05) is 0 Å². The molecule has 1 aromatic rings. The first-order valence-electron chi connectivity index (χ1n) is 6.86. The lowest BCUT2D eigenvalue weighted by Gasteiger charge is -2.14. The lowest BCUT2D eigenvalue weighted by molar-refractivity contribution is -0.142. The van der Waals surface area contributed by atoms with Crippen LogP contribution < -0.4 is 0 Å². The minimum absolute atomic E-state index is 0.0108. The highest BCUT2D eigenvalue weighted by Crippen LogP contribution is 2.40. The van der Waals surface area contributed by atoms with Gasteiger partial charge in [-0.3, -0.25) is 9.59 Å². The molecule has 0 bridgehead atoms. The molecular weight excluding hydrogens is 240 g/mol. The number of carbonyl (C=O) groups is 2. The topological polar surface area (TPSA) is 54.4 Å². The minimum Gasteiger partial charge on any atom is -0.481 e. The van der Waals surface area contributed by atoms with Crippen LogP contribution in [0.1, 0.15) is 42.1 Å². The predicted octanol–water partition coefficient (Wildman–Crippen LogP) is 3.31. The van der Waals surface area contributed by atoms with Crippen molar-refractivity contribution < 1.29 is 14.7 Å². The molecule has 1 fully saturated rings. The monoisotopic (exact) mass is 260 g/mol. The Morgan fingerprint density at radius 3 is 2.26 bits per heavy atom. The van der Waals surface area contributed by atoms with E-state index in [-0.39, 0.29) is 11.7 Å².